The lowest BCUT2D eigenvalue weighted by Gasteiger charge is -2.34. The third-order valence-electron chi connectivity index (χ3n) is 3.19. The Labute approximate surface area is 122 Å². The highest BCUT2D eigenvalue weighted by Crippen LogP contribution is 2.18. The molecule has 116 valence electrons. The molecule has 0 aliphatic carbocycles. The van der Waals surface area contributed by atoms with E-state index in [1.807, 2.05) is 32.7 Å². The Balaban J connectivity index is 2.44. The second kappa shape index (κ2) is 7.36. The maximum absolute atomic E-state index is 12.1. The van der Waals surface area contributed by atoms with Crippen molar-refractivity contribution in [3.63, 3.8) is 0 Å². The summed E-state index contributed by atoms with van der Waals surface area (Å²) in [6, 6.07) is 0. The lowest BCUT2D eigenvalue weighted by Crippen LogP contribution is -2.46. The predicted molar refractivity (Wildman–Crippen MR) is 81.0 cm³/mol. The standard InChI is InChI=1S/C14H28N4O2/c1-14(2,3)20-13(19)18-8-6-7-11(10-18)9-17-12(15-4)16-5/h11H,6-10H2,1-5H3,(H2,15,16,17)/t11-/m1/s1. The van der Waals surface area contributed by atoms with Gasteiger partial charge in [0, 0.05) is 33.7 Å². The molecule has 0 aromatic heterocycles. The quantitative estimate of drug-likeness (QED) is 0.595. The molecule has 0 aromatic rings. The minimum absolute atomic E-state index is 0.208. The highest BCUT2D eigenvalue weighted by atomic mass is 16.6. The molecule has 0 bridgehead atoms. The number of carbonyl (C=O) groups is 1. The van der Waals surface area contributed by atoms with Gasteiger partial charge in [-0.25, -0.2) is 4.79 Å². The molecular weight excluding hydrogens is 256 g/mol. The van der Waals surface area contributed by atoms with Crippen molar-refractivity contribution in [2.45, 2.75) is 39.2 Å². The van der Waals surface area contributed by atoms with E-state index < -0.39 is 5.60 Å². The number of aliphatic imine (C=N–C) groups is 1. The van der Waals surface area contributed by atoms with E-state index in [9.17, 15) is 4.79 Å². The van der Waals surface area contributed by atoms with Crippen molar-refractivity contribution < 1.29 is 9.53 Å². The minimum Gasteiger partial charge on any atom is -0.444 e. The summed E-state index contributed by atoms with van der Waals surface area (Å²) in [4.78, 5) is 17.9. The molecule has 0 saturated carbocycles. The Hall–Kier alpha value is -1.46. The Bertz CT molecular complexity index is 350. The maximum atomic E-state index is 12.1. The first-order chi connectivity index (χ1) is 9.35. The van der Waals surface area contributed by atoms with E-state index in [-0.39, 0.29) is 6.09 Å². The van der Waals surface area contributed by atoms with Crippen LogP contribution in [0.1, 0.15) is 33.6 Å². The fourth-order valence-corrected chi connectivity index (χ4v) is 2.24. The predicted octanol–water partition coefficient (Wildman–Crippen LogP) is 1.43. The molecular formula is C14H28N4O2. The number of guanidine groups is 1. The van der Waals surface area contributed by atoms with Crippen molar-refractivity contribution in [3.8, 4) is 0 Å². The zero-order valence-electron chi connectivity index (χ0n) is 13.3. The number of nitrogens with zero attached hydrogens (tertiary/aromatic N) is 2. The second-order valence-electron chi connectivity index (χ2n) is 6.14. The Morgan fingerprint density at radius 2 is 2.15 bits per heavy atom. The first kappa shape index (κ1) is 16.6. The molecule has 1 amide bonds. The first-order valence-electron chi connectivity index (χ1n) is 7.22. The lowest BCUT2D eigenvalue weighted by atomic mass is 9.98. The Morgan fingerprint density at radius 3 is 2.70 bits per heavy atom. The van der Waals surface area contributed by atoms with Gasteiger partial charge in [-0.3, -0.25) is 4.99 Å². The molecule has 6 nitrogen and oxygen atoms in total. The fraction of sp³-hybridized carbons (Fsp3) is 0.857. The third kappa shape index (κ3) is 5.67. The summed E-state index contributed by atoms with van der Waals surface area (Å²) in [7, 11) is 3.58. The number of hydrogen-bond acceptors (Lipinski definition) is 3. The summed E-state index contributed by atoms with van der Waals surface area (Å²) >= 11 is 0. The molecule has 1 atom stereocenters. The molecule has 20 heavy (non-hydrogen) atoms. The second-order valence-corrected chi connectivity index (χ2v) is 6.14. The number of rotatable bonds is 2. The van der Waals surface area contributed by atoms with E-state index in [4.69, 9.17) is 4.74 Å². The van der Waals surface area contributed by atoms with Crippen LogP contribution in [0.15, 0.2) is 4.99 Å². The van der Waals surface area contributed by atoms with Gasteiger partial charge >= 0.3 is 6.09 Å². The van der Waals surface area contributed by atoms with Gasteiger partial charge in [-0.1, -0.05) is 0 Å². The number of ether oxygens (including phenoxy) is 1. The van der Waals surface area contributed by atoms with Crippen LogP contribution in [0.25, 0.3) is 0 Å². The van der Waals surface area contributed by atoms with Crippen LogP contribution >= 0.6 is 0 Å². The van der Waals surface area contributed by atoms with Crippen LogP contribution in [-0.2, 0) is 4.74 Å². The van der Waals surface area contributed by atoms with Gasteiger partial charge in [-0.15, -0.1) is 0 Å². The number of piperidine rings is 1. The SMILES string of the molecule is CN=C(NC)NC[C@H]1CCCN(C(=O)OC(C)(C)C)C1. The normalized spacial score (nSPS) is 20.6. The van der Waals surface area contributed by atoms with E-state index in [2.05, 4.69) is 15.6 Å². The van der Waals surface area contributed by atoms with E-state index in [1.54, 1.807) is 7.05 Å². The molecule has 0 radical (unpaired) electrons. The van der Waals surface area contributed by atoms with E-state index in [0.29, 0.717) is 5.92 Å². The minimum atomic E-state index is -0.434. The van der Waals surface area contributed by atoms with Crippen molar-refractivity contribution in [1.82, 2.24) is 15.5 Å². The topological polar surface area (TPSA) is 66.0 Å². The highest BCUT2D eigenvalue weighted by molar-refractivity contribution is 5.79. The molecule has 0 spiro atoms. The van der Waals surface area contributed by atoms with Crippen LogP contribution in [0.4, 0.5) is 4.79 Å². The van der Waals surface area contributed by atoms with Gasteiger partial charge in [0.05, 0.1) is 0 Å². The van der Waals surface area contributed by atoms with Crippen LogP contribution in [0.2, 0.25) is 0 Å². The highest BCUT2D eigenvalue weighted by Gasteiger charge is 2.27. The van der Waals surface area contributed by atoms with Crippen molar-refractivity contribution in [2.24, 2.45) is 10.9 Å². The molecule has 1 aliphatic heterocycles. The zero-order chi connectivity index (χ0) is 15.2. The van der Waals surface area contributed by atoms with Gasteiger partial charge in [0.1, 0.15) is 5.60 Å². The van der Waals surface area contributed by atoms with E-state index in [1.165, 1.54) is 0 Å². The number of amides is 1. The maximum Gasteiger partial charge on any atom is 0.410 e. The van der Waals surface area contributed by atoms with Crippen LogP contribution in [-0.4, -0.2) is 56.3 Å². The van der Waals surface area contributed by atoms with E-state index >= 15 is 0 Å². The van der Waals surface area contributed by atoms with Crippen LogP contribution in [0, 0.1) is 5.92 Å². The zero-order valence-corrected chi connectivity index (χ0v) is 13.3. The molecule has 2 N–H and O–H groups in total. The average Bonchev–Trinajstić information content (AvgIpc) is 2.38. The van der Waals surface area contributed by atoms with Crippen molar-refractivity contribution in [1.29, 1.82) is 0 Å². The fourth-order valence-electron chi connectivity index (χ4n) is 2.24. The van der Waals surface area contributed by atoms with Gasteiger partial charge in [0.25, 0.3) is 0 Å². The smallest absolute Gasteiger partial charge is 0.410 e. The number of likely N-dealkylation sites (tertiary alicyclic amines) is 1. The summed E-state index contributed by atoms with van der Waals surface area (Å²) < 4.78 is 5.42. The largest absolute Gasteiger partial charge is 0.444 e. The van der Waals surface area contributed by atoms with Crippen molar-refractivity contribution in [2.75, 3.05) is 33.7 Å². The Morgan fingerprint density at radius 1 is 1.45 bits per heavy atom. The van der Waals surface area contributed by atoms with E-state index in [0.717, 1.165) is 38.4 Å². The molecule has 1 rings (SSSR count). The number of carbonyl (C=O) groups excluding carboxylic acids is 1. The summed E-state index contributed by atoms with van der Waals surface area (Å²) in [5.74, 6) is 1.21. The summed E-state index contributed by atoms with van der Waals surface area (Å²) in [5, 5.41) is 6.25. The molecule has 1 aliphatic rings. The number of nitrogens with one attached hydrogen (secondary N) is 2. The van der Waals surface area contributed by atoms with Gasteiger partial charge < -0.3 is 20.3 Å². The van der Waals surface area contributed by atoms with Crippen LogP contribution < -0.4 is 10.6 Å². The Kier molecular flexibility index (Phi) is 6.10. The number of hydrogen-bond donors (Lipinski definition) is 2. The average molecular weight is 284 g/mol. The van der Waals surface area contributed by atoms with Gasteiger partial charge in [-0.05, 0) is 39.5 Å². The third-order valence-corrected chi connectivity index (χ3v) is 3.19. The van der Waals surface area contributed by atoms with Crippen LogP contribution in [0.5, 0.6) is 0 Å². The summed E-state index contributed by atoms with van der Waals surface area (Å²) in [6.07, 6.45) is 1.93. The first-order valence-corrected chi connectivity index (χ1v) is 7.22. The van der Waals surface area contributed by atoms with Crippen molar-refractivity contribution in [3.05, 3.63) is 0 Å². The van der Waals surface area contributed by atoms with Crippen molar-refractivity contribution >= 4 is 12.1 Å². The molecule has 0 unspecified atom stereocenters. The lowest BCUT2D eigenvalue weighted by molar-refractivity contribution is 0.0168. The summed E-state index contributed by atoms with van der Waals surface area (Å²) in [5.41, 5.74) is -0.434. The molecule has 1 fully saturated rings. The monoisotopic (exact) mass is 284 g/mol. The molecule has 1 heterocycles. The van der Waals surface area contributed by atoms with Crippen LogP contribution in [0.3, 0.4) is 0 Å². The van der Waals surface area contributed by atoms with Gasteiger partial charge in [0.15, 0.2) is 5.96 Å². The summed E-state index contributed by atoms with van der Waals surface area (Å²) in [6.45, 7) is 8.02. The molecule has 6 heteroatoms. The molecule has 0 aromatic carbocycles. The van der Waals surface area contributed by atoms with Gasteiger partial charge in [-0.2, -0.15) is 0 Å². The molecule has 1 saturated heterocycles. The van der Waals surface area contributed by atoms with Gasteiger partial charge in [0.2, 0.25) is 0 Å².